The van der Waals surface area contributed by atoms with Crippen LogP contribution in [0.15, 0.2) is 71.6 Å². The molecule has 0 radical (unpaired) electrons. The maximum absolute atomic E-state index is 12.5. The monoisotopic (exact) mass is 398 g/mol. The Kier molecular flexibility index (Phi) is 6.41. The van der Waals surface area contributed by atoms with Gasteiger partial charge in [-0.25, -0.2) is 13.1 Å². The maximum Gasteiger partial charge on any atom is 0.251 e. The van der Waals surface area contributed by atoms with Gasteiger partial charge in [-0.2, -0.15) is 0 Å². The zero-order valence-corrected chi connectivity index (χ0v) is 16.3. The van der Waals surface area contributed by atoms with Crippen LogP contribution in [0.5, 0.6) is 0 Å². The SMILES string of the molecule is COCCNS(=O)(=O)c1cccc(C(=O)NCc2ccc3ccccc3c2)c1. The van der Waals surface area contributed by atoms with Gasteiger partial charge in [-0.3, -0.25) is 4.79 Å². The number of hydrogen-bond donors (Lipinski definition) is 2. The molecule has 28 heavy (non-hydrogen) atoms. The van der Waals surface area contributed by atoms with Gasteiger partial charge in [-0.1, -0.05) is 42.5 Å². The molecule has 2 N–H and O–H groups in total. The first-order valence-electron chi connectivity index (χ1n) is 8.84. The van der Waals surface area contributed by atoms with E-state index in [9.17, 15) is 13.2 Å². The highest BCUT2D eigenvalue weighted by Gasteiger charge is 2.15. The Morgan fingerprint density at radius 2 is 1.75 bits per heavy atom. The number of fused-ring (bicyclic) bond motifs is 1. The summed E-state index contributed by atoms with van der Waals surface area (Å²) in [7, 11) is -2.20. The standard InChI is InChI=1S/C21H22N2O4S/c1-27-12-11-23-28(25,26)20-8-4-7-19(14-20)21(24)22-15-16-9-10-17-5-2-3-6-18(17)13-16/h2-10,13-14,23H,11-12,15H2,1H3,(H,22,24). The lowest BCUT2D eigenvalue weighted by atomic mass is 10.1. The lowest BCUT2D eigenvalue weighted by Gasteiger charge is -2.09. The van der Waals surface area contributed by atoms with Crippen LogP contribution in [0.3, 0.4) is 0 Å². The molecule has 0 aliphatic rings. The number of benzene rings is 3. The van der Waals surface area contributed by atoms with Gasteiger partial charge in [0.05, 0.1) is 11.5 Å². The fourth-order valence-corrected chi connectivity index (χ4v) is 3.86. The molecular weight excluding hydrogens is 376 g/mol. The normalized spacial score (nSPS) is 11.5. The van der Waals surface area contributed by atoms with Gasteiger partial charge in [0, 0.05) is 25.8 Å². The van der Waals surface area contributed by atoms with Crippen LogP contribution in [0.1, 0.15) is 15.9 Å². The Hall–Kier alpha value is -2.74. The fraction of sp³-hybridized carbons (Fsp3) is 0.190. The maximum atomic E-state index is 12.5. The highest BCUT2D eigenvalue weighted by atomic mass is 32.2. The van der Waals surface area contributed by atoms with E-state index in [0.717, 1.165) is 16.3 Å². The summed E-state index contributed by atoms with van der Waals surface area (Å²) in [5.41, 5.74) is 1.26. The minimum absolute atomic E-state index is 0.0435. The second kappa shape index (κ2) is 8.97. The number of carbonyl (C=O) groups is 1. The van der Waals surface area contributed by atoms with Crippen LogP contribution in [-0.2, 0) is 21.3 Å². The first kappa shape index (κ1) is 20.0. The molecule has 0 aromatic heterocycles. The molecule has 3 aromatic rings. The molecule has 146 valence electrons. The molecule has 0 atom stereocenters. The van der Waals surface area contributed by atoms with Crippen molar-refractivity contribution < 1.29 is 17.9 Å². The van der Waals surface area contributed by atoms with E-state index in [-0.39, 0.29) is 29.5 Å². The van der Waals surface area contributed by atoms with Crippen LogP contribution in [0.25, 0.3) is 10.8 Å². The summed E-state index contributed by atoms with van der Waals surface area (Å²) in [5.74, 6) is -0.331. The number of sulfonamides is 1. The quantitative estimate of drug-likeness (QED) is 0.572. The molecule has 3 aromatic carbocycles. The molecule has 1 amide bonds. The van der Waals surface area contributed by atoms with Crippen molar-refractivity contribution >= 4 is 26.7 Å². The average molecular weight is 398 g/mol. The van der Waals surface area contributed by atoms with E-state index in [4.69, 9.17) is 4.74 Å². The van der Waals surface area contributed by atoms with E-state index in [2.05, 4.69) is 10.0 Å². The van der Waals surface area contributed by atoms with E-state index < -0.39 is 10.0 Å². The summed E-state index contributed by atoms with van der Waals surface area (Å²) < 4.78 is 31.9. The second-order valence-corrected chi connectivity index (χ2v) is 8.05. The largest absolute Gasteiger partial charge is 0.383 e. The van der Waals surface area contributed by atoms with Crippen molar-refractivity contribution in [3.8, 4) is 0 Å². The van der Waals surface area contributed by atoms with Crippen LogP contribution in [-0.4, -0.2) is 34.6 Å². The van der Waals surface area contributed by atoms with E-state index in [1.165, 1.54) is 19.2 Å². The van der Waals surface area contributed by atoms with Gasteiger partial charge in [0.25, 0.3) is 5.91 Å². The van der Waals surface area contributed by atoms with Crippen LogP contribution in [0.4, 0.5) is 0 Å². The second-order valence-electron chi connectivity index (χ2n) is 6.28. The number of hydrogen-bond acceptors (Lipinski definition) is 4. The minimum atomic E-state index is -3.69. The first-order valence-corrected chi connectivity index (χ1v) is 10.3. The summed E-state index contributed by atoms with van der Waals surface area (Å²) >= 11 is 0. The lowest BCUT2D eigenvalue weighted by Crippen LogP contribution is -2.28. The smallest absolute Gasteiger partial charge is 0.251 e. The van der Waals surface area contributed by atoms with Crippen LogP contribution in [0, 0.1) is 0 Å². The first-order chi connectivity index (χ1) is 13.5. The molecule has 7 heteroatoms. The highest BCUT2D eigenvalue weighted by Crippen LogP contribution is 2.16. The van der Waals surface area contributed by atoms with Crippen molar-refractivity contribution in [1.82, 2.24) is 10.0 Å². The van der Waals surface area contributed by atoms with Crippen molar-refractivity contribution in [2.24, 2.45) is 0 Å². The van der Waals surface area contributed by atoms with Gasteiger partial charge in [-0.15, -0.1) is 0 Å². The number of rotatable bonds is 8. The number of methoxy groups -OCH3 is 1. The van der Waals surface area contributed by atoms with Crippen molar-refractivity contribution in [1.29, 1.82) is 0 Å². The fourth-order valence-electron chi connectivity index (χ4n) is 2.80. The van der Waals surface area contributed by atoms with Crippen molar-refractivity contribution in [3.05, 3.63) is 77.9 Å². The number of amides is 1. The molecule has 0 heterocycles. The zero-order valence-electron chi connectivity index (χ0n) is 15.5. The Bertz CT molecular complexity index is 1080. The average Bonchev–Trinajstić information content (AvgIpc) is 2.72. The molecule has 0 aliphatic heterocycles. The van der Waals surface area contributed by atoms with Gasteiger partial charge >= 0.3 is 0 Å². The Labute approximate surface area is 164 Å². The third kappa shape index (κ3) is 4.95. The topological polar surface area (TPSA) is 84.5 Å². The zero-order chi connectivity index (χ0) is 20.0. The van der Waals surface area contributed by atoms with Crippen molar-refractivity contribution in [2.45, 2.75) is 11.4 Å². The van der Waals surface area contributed by atoms with Crippen LogP contribution < -0.4 is 10.0 Å². The van der Waals surface area contributed by atoms with Crippen LogP contribution >= 0.6 is 0 Å². The van der Waals surface area contributed by atoms with Crippen molar-refractivity contribution in [2.75, 3.05) is 20.3 Å². The third-order valence-corrected chi connectivity index (χ3v) is 5.73. The van der Waals surface area contributed by atoms with Crippen LogP contribution in [0.2, 0.25) is 0 Å². The summed E-state index contributed by atoms with van der Waals surface area (Å²) in [4.78, 5) is 12.5. The summed E-state index contributed by atoms with van der Waals surface area (Å²) in [6.45, 7) is 0.787. The molecule has 6 nitrogen and oxygen atoms in total. The van der Waals surface area contributed by atoms with E-state index >= 15 is 0 Å². The van der Waals surface area contributed by atoms with Gasteiger partial charge in [0.2, 0.25) is 10.0 Å². The van der Waals surface area contributed by atoms with Gasteiger partial charge in [0.1, 0.15) is 0 Å². The minimum Gasteiger partial charge on any atom is -0.383 e. The molecule has 0 bridgehead atoms. The molecule has 3 rings (SSSR count). The van der Waals surface area contributed by atoms with E-state index in [1.54, 1.807) is 12.1 Å². The summed E-state index contributed by atoms with van der Waals surface area (Å²) in [6, 6.07) is 20.0. The highest BCUT2D eigenvalue weighted by molar-refractivity contribution is 7.89. The molecule has 0 spiro atoms. The van der Waals surface area contributed by atoms with E-state index in [1.807, 2.05) is 42.5 Å². The Morgan fingerprint density at radius 3 is 2.54 bits per heavy atom. The predicted molar refractivity (Wildman–Crippen MR) is 109 cm³/mol. The molecule has 0 aliphatic carbocycles. The number of ether oxygens (including phenoxy) is 1. The molecule has 0 fully saturated rings. The number of nitrogens with one attached hydrogen (secondary N) is 2. The summed E-state index contributed by atoms with van der Waals surface area (Å²) in [6.07, 6.45) is 0. The van der Waals surface area contributed by atoms with Gasteiger partial charge in [0.15, 0.2) is 0 Å². The molecule has 0 saturated heterocycles. The van der Waals surface area contributed by atoms with Gasteiger partial charge in [-0.05, 0) is 40.6 Å². The molecular formula is C21H22N2O4S. The lowest BCUT2D eigenvalue weighted by molar-refractivity contribution is 0.0950. The van der Waals surface area contributed by atoms with E-state index in [0.29, 0.717) is 6.54 Å². The third-order valence-electron chi connectivity index (χ3n) is 4.27. The predicted octanol–water partition coefficient (Wildman–Crippen LogP) is 2.69. The summed E-state index contributed by atoms with van der Waals surface area (Å²) in [5, 5.41) is 5.07. The Morgan fingerprint density at radius 1 is 0.964 bits per heavy atom. The Balaban J connectivity index is 1.68. The van der Waals surface area contributed by atoms with Gasteiger partial charge < -0.3 is 10.1 Å². The molecule has 0 unspecified atom stereocenters. The molecule has 0 saturated carbocycles. The van der Waals surface area contributed by atoms with Crippen molar-refractivity contribution in [3.63, 3.8) is 0 Å². The number of carbonyl (C=O) groups excluding carboxylic acids is 1.